The van der Waals surface area contributed by atoms with Crippen LogP contribution in [0.2, 0.25) is 0 Å². The van der Waals surface area contributed by atoms with Crippen LogP contribution in [0.3, 0.4) is 0 Å². The number of rotatable bonds is 5. The van der Waals surface area contributed by atoms with E-state index in [-0.39, 0.29) is 17.9 Å². The Morgan fingerprint density at radius 3 is 2.69 bits per heavy atom. The van der Waals surface area contributed by atoms with E-state index in [2.05, 4.69) is 10.6 Å². The van der Waals surface area contributed by atoms with Gasteiger partial charge in [-0.15, -0.1) is 0 Å². The number of hydrogen-bond acceptors (Lipinski definition) is 3. The molecule has 5 nitrogen and oxygen atoms in total. The van der Waals surface area contributed by atoms with Crippen LogP contribution in [0.1, 0.15) is 33.1 Å². The maximum absolute atomic E-state index is 11.8. The van der Waals surface area contributed by atoms with Crippen molar-refractivity contribution in [2.24, 2.45) is 5.92 Å². The van der Waals surface area contributed by atoms with E-state index < -0.39 is 12.0 Å². The van der Waals surface area contributed by atoms with Gasteiger partial charge in [-0.3, -0.25) is 4.79 Å². The zero-order chi connectivity index (χ0) is 12.1. The number of aliphatic carboxylic acids is 1. The van der Waals surface area contributed by atoms with E-state index in [1.807, 2.05) is 13.8 Å². The Hall–Kier alpha value is -1.10. The third-order valence-electron chi connectivity index (χ3n) is 3.01. The molecule has 16 heavy (non-hydrogen) atoms. The van der Waals surface area contributed by atoms with Gasteiger partial charge in [0.2, 0.25) is 5.91 Å². The minimum atomic E-state index is -0.958. The molecule has 0 bridgehead atoms. The normalized spacial score (nSPS) is 26.4. The van der Waals surface area contributed by atoms with Crippen molar-refractivity contribution >= 4 is 11.9 Å². The van der Waals surface area contributed by atoms with Crippen LogP contribution < -0.4 is 10.6 Å². The number of carbonyl (C=O) groups is 2. The zero-order valence-electron chi connectivity index (χ0n) is 9.82. The Kier molecular flexibility index (Phi) is 4.73. The summed E-state index contributed by atoms with van der Waals surface area (Å²) in [7, 11) is 0. The molecule has 1 aliphatic heterocycles. The molecule has 0 aliphatic carbocycles. The van der Waals surface area contributed by atoms with Crippen molar-refractivity contribution in [3.8, 4) is 0 Å². The molecule has 5 heteroatoms. The van der Waals surface area contributed by atoms with Gasteiger partial charge in [0, 0.05) is 0 Å². The van der Waals surface area contributed by atoms with Crippen LogP contribution in [-0.4, -0.2) is 35.6 Å². The number of amides is 1. The van der Waals surface area contributed by atoms with Gasteiger partial charge in [0.25, 0.3) is 0 Å². The van der Waals surface area contributed by atoms with Gasteiger partial charge in [-0.25, -0.2) is 4.79 Å². The molecular weight excluding hydrogens is 208 g/mol. The van der Waals surface area contributed by atoms with Crippen LogP contribution in [0.15, 0.2) is 0 Å². The van der Waals surface area contributed by atoms with E-state index in [1.165, 1.54) is 0 Å². The number of carboxylic acid groups (broad SMARTS) is 1. The molecule has 0 spiro atoms. The number of carboxylic acids is 1. The van der Waals surface area contributed by atoms with E-state index in [0.717, 1.165) is 19.4 Å². The molecule has 3 N–H and O–H groups in total. The monoisotopic (exact) mass is 228 g/mol. The highest BCUT2D eigenvalue weighted by atomic mass is 16.4. The van der Waals surface area contributed by atoms with Crippen molar-refractivity contribution in [2.75, 3.05) is 6.54 Å². The average molecular weight is 228 g/mol. The maximum Gasteiger partial charge on any atom is 0.326 e. The second kappa shape index (κ2) is 5.84. The first kappa shape index (κ1) is 13.0. The van der Waals surface area contributed by atoms with E-state index in [4.69, 9.17) is 5.11 Å². The van der Waals surface area contributed by atoms with E-state index >= 15 is 0 Å². The molecule has 1 heterocycles. The number of carbonyl (C=O) groups excluding carboxylic acids is 1. The summed E-state index contributed by atoms with van der Waals surface area (Å²) in [5.41, 5.74) is 0. The minimum Gasteiger partial charge on any atom is -0.480 e. The Labute approximate surface area is 95.6 Å². The fourth-order valence-electron chi connectivity index (χ4n) is 1.99. The van der Waals surface area contributed by atoms with Crippen LogP contribution in [0, 0.1) is 5.92 Å². The highest BCUT2D eigenvalue weighted by Crippen LogP contribution is 2.14. The summed E-state index contributed by atoms with van der Waals surface area (Å²) in [6.07, 6.45) is 2.18. The second-order valence-electron chi connectivity index (χ2n) is 4.39. The highest BCUT2D eigenvalue weighted by molar-refractivity contribution is 5.87. The van der Waals surface area contributed by atoms with E-state index in [0.29, 0.717) is 6.42 Å². The van der Waals surface area contributed by atoms with Gasteiger partial charge in [0.05, 0.1) is 6.04 Å². The van der Waals surface area contributed by atoms with Gasteiger partial charge in [-0.1, -0.05) is 20.3 Å². The molecule has 0 aromatic rings. The summed E-state index contributed by atoms with van der Waals surface area (Å²) >= 11 is 0. The molecule has 1 saturated heterocycles. The summed E-state index contributed by atoms with van der Waals surface area (Å²) in [6.45, 7) is 4.73. The van der Waals surface area contributed by atoms with Crippen LogP contribution in [0.4, 0.5) is 0 Å². The molecule has 3 unspecified atom stereocenters. The lowest BCUT2D eigenvalue weighted by atomic mass is 10.0. The van der Waals surface area contributed by atoms with Gasteiger partial charge in [0.1, 0.15) is 6.04 Å². The summed E-state index contributed by atoms with van der Waals surface area (Å²) in [5, 5.41) is 14.6. The summed E-state index contributed by atoms with van der Waals surface area (Å²) in [5.74, 6) is -0.872. The van der Waals surface area contributed by atoms with Gasteiger partial charge in [-0.05, 0) is 25.3 Å². The molecule has 3 atom stereocenters. The Bertz CT molecular complexity index is 268. The molecule has 0 saturated carbocycles. The standard InChI is InChI=1S/C11H20N2O3/c1-3-4-8(11(15)16)13-10(14)9-7(2)5-6-12-9/h7-9,12H,3-6H2,1-2H3,(H,13,14)(H,15,16). The third-order valence-corrected chi connectivity index (χ3v) is 3.01. The molecule has 1 amide bonds. The first-order valence-corrected chi connectivity index (χ1v) is 5.82. The molecular formula is C11H20N2O3. The molecule has 1 rings (SSSR count). The largest absolute Gasteiger partial charge is 0.480 e. The van der Waals surface area contributed by atoms with Crippen LogP contribution in [-0.2, 0) is 9.59 Å². The quantitative estimate of drug-likeness (QED) is 0.634. The Morgan fingerprint density at radius 1 is 1.56 bits per heavy atom. The maximum atomic E-state index is 11.8. The predicted molar refractivity (Wildman–Crippen MR) is 60.0 cm³/mol. The Morgan fingerprint density at radius 2 is 2.25 bits per heavy atom. The van der Waals surface area contributed by atoms with Crippen LogP contribution in [0.25, 0.3) is 0 Å². The summed E-state index contributed by atoms with van der Waals surface area (Å²) in [4.78, 5) is 22.7. The smallest absolute Gasteiger partial charge is 0.326 e. The van der Waals surface area contributed by atoms with Crippen molar-refractivity contribution in [2.45, 2.75) is 45.2 Å². The van der Waals surface area contributed by atoms with E-state index in [9.17, 15) is 9.59 Å². The van der Waals surface area contributed by atoms with Gasteiger partial charge in [0.15, 0.2) is 0 Å². The lowest BCUT2D eigenvalue weighted by Gasteiger charge is -2.19. The van der Waals surface area contributed by atoms with Crippen LogP contribution in [0.5, 0.6) is 0 Å². The molecule has 0 aromatic heterocycles. The lowest BCUT2D eigenvalue weighted by Crippen LogP contribution is -2.49. The molecule has 0 aromatic carbocycles. The first-order chi connectivity index (χ1) is 7.56. The molecule has 0 radical (unpaired) electrons. The van der Waals surface area contributed by atoms with Crippen LogP contribution >= 0.6 is 0 Å². The van der Waals surface area contributed by atoms with Crippen molar-refractivity contribution in [3.63, 3.8) is 0 Å². The fourth-order valence-corrected chi connectivity index (χ4v) is 1.99. The van der Waals surface area contributed by atoms with Gasteiger partial charge in [-0.2, -0.15) is 0 Å². The van der Waals surface area contributed by atoms with Gasteiger partial charge < -0.3 is 15.7 Å². The average Bonchev–Trinajstić information content (AvgIpc) is 2.63. The van der Waals surface area contributed by atoms with Crippen molar-refractivity contribution < 1.29 is 14.7 Å². The molecule has 1 aliphatic rings. The number of hydrogen-bond donors (Lipinski definition) is 3. The van der Waals surface area contributed by atoms with Crippen molar-refractivity contribution in [1.82, 2.24) is 10.6 Å². The SMILES string of the molecule is CCCC(NC(=O)C1NCCC1C)C(=O)O. The summed E-state index contributed by atoms with van der Waals surface area (Å²) in [6, 6.07) is -0.995. The minimum absolute atomic E-state index is 0.189. The second-order valence-corrected chi connectivity index (χ2v) is 4.39. The lowest BCUT2D eigenvalue weighted by molar-refractivity contribution is -0.142. The molecule has 1 fully saturated rings. The number of nitrogens with one attached hydrogen (secondary N) is 2. The first-order valence-electron chi connectivity index (χ1n) is 5.82. The van der Waals surface area contributed by atoms with Crippen molar-refractivity contribution in [3.05, 3.63) is 0 Å². The fraction of sp³-hybridized carbons (Fsp3) is 0.818. The Balaban J connectivity index is 2.50. The zero-order valence-corrected chi connectivity index (χ0v) is 9.82. The predicted octanol–water partition coefficient (Wildman–Crippen LogP) is 0.354. The van der Waals surface area contributed by atoms with Crippen molar-refractivity contribution in [1.29, 1.82) is 0 Å². The highest BCUT2D eigenvalue weighted by Gasteiger charge is 2.31. The summed E-state index contributed by atoms with van der Waals surface area (Å²) < 4.78 is 0. The van der Waals surface area contributed by atoms with Gasteiger partial charge >= 0.3 is 5.97 Å². The topological polar surface area (TPSA) is 78.4 Å². The third kappa shape index (κ3) is 3.20. The molecule has 92 valence electrons. The van der Waals surface area contributed by atoms with E-state index in [1.54, 1.807) is 0 Å².